The van der Waals surface area contributed by atoms with Gasteiger partial charge in [0.25, 0.3) is 0 Å². The number of nitrogens with zero attached hydrogens (tertiary/aromatic N) is 1. The van der Waals surface area contributed by atoms with Gasteiger partial charge in [-0.05, 0) is 52.0 Å². The van der Waals surface area contributed by atoms with Crippen LogP contribution in [-0.2, 0) is 4.74 Å². The smallest absolute Gasteiger partial charge is 0.0661 e. The summed E-state index contributed by atoms with van der Waals surface area (Å²) in [6.45, 7) is 5.72. The van der Waals surface area contributed by atoms with Crippen LogP contribution in [0.1, 0.15) is 64.7 Å². The van der Waals surface area contributed by atoms with Crippen LogP contribution in [0.3, 0.4) is 0 Å². The topological polar surface area (TPSA) is 24.5 Å². The predicted molar refractivity (Wildman–Crippen MR) is 85.5 cm³/mol. The van der Waals surface area contributed by atoms with Crippen molar-refractivity contribution in [3.05, 3.63) is 0 Å². The molecule has 1 N–H and O–H groups in total. The van der Waals surface area contributed by atoms with Gasteiger partial charge in [0.2, 0.25) is 0 Å². The molecule has 2 saturated carbocycles. The lowest BCUT2D eigenvalue weighted by atomic mass is 9.55. The van der Waals surface area contributed by atoms with Crippen LogP contribution in [-0.4, -0.2) is 48.8 Å². The highest BCUT2D eigenvalue weighted by Gasteiger charge is 2.56. The van der Waals surface area contributed by atoms with Gasteiger partial charge in [0.05, 0.1) is 6.10 Å². The van der Waals surface area contributed by atoms with E-state index in [9.17, 15) is 0 Å². The minimum absolute atomic E-state index is 0.486. The van der Waals surface area contributed by atoms with Gasteiger partial charge >= 0.3 is 0 Å². The van der Waals surface area contributed by atoms with Gasteiger partial charge in [-0.2, -0.15) is 0 Å². The lowest BCUT2D eigenvalue weighted by Crippen LogP contribution is -2.66. The second kappa shape index (κ2) is 5.82. The van der Waals surface area contributed by atoms with Crippen LogP contribution in [0, 0.1) is 5.41 Å². The summed E-state index contributed by atoms with van der Waals surface area (Å²) in [5.41, 5.74) is 0.486. The number of fused-ring (bicyclic) bond motifs is 1. The third-order valence-corrected chi connectivity index (χ3v) is 6.96. The number of rotatable bonds is 4. The van der Waals surface area contributed by atoms with Crippen molar-refractivity contribution in [2.75, 3.05) is 19.7 Å². The highest BCUT2D eigenvalue weighted by Crippen LogP contribution is 2.53. The fourth-order valence-electron chi connectivity index (χ4n) is 5.83. The Kier molecular flexibility index (Phi) is 4.01. The van der Waals surface area contributed by atoms with Gasteiger partial charge in [-0.25, -0.2) is 0 Å². The Morgan fingerprint density at radius 2 is 1.95 bits per heavy atom. The molecule has 0 aromatic carbocycles. The molecule has 1 spiro atoms. The molecule has 4 aliphatic rings. The number of nitrogens with one attached hydrogen (secondary N) is 1. The number of ether oxygens (including phenoxy) is 1. The summed E-state index contributed by atoms with van der Waals surface area (Å²) in [5, 5.41) is 4.11. The zero-order chi connectivity index (χ0) is 14.3. The van der Waals surface area contributed by atoms with E-state index in [1.54, 1.807) is 0 Å². The van der Waals surface area contributed by atoms with Gasteiger partial charge in [-0.1, -0.05) is 19.3 Å². The molecule has 4 atom stereocenters. The zero-order valence-electron chi connectivity index (χ0n) is 13.7. The molecular weight excluding hydrogens is 260 g/mol. The molecule has 4 fully saturated rings. The van der Waals surface area contributed by atoms with E-state index in [4.69, 9.17) is 4.74 Å². The molecule has 21 heavy (non-hydrogen) atoms. The van der Waals surface area contributed by atoms with Gasteiger partial charge in [0.15, 0.2) is 0 Å². The van der Waals surface area contributed by atoms with E-state index < -0.39 is 0 Å². The van der Waals surface area contributed by atoms with E-state index in [2.05, 4.69) is 17.1 Å². The van der Waals surface area contributed by atoms with Crippen molar-refractivity contribution in [1.82, 2.24) is 10.2 Å². The Morgan fingerprint density at radius 1 is 1.10 bits per heavy atom. The van der Waals surface area contributed by atoms with E-state index in [1.807, 2.05) is 0 Å². The molecule has 0 amide bonds. The van der Waals surface area contributed by atoms with Crippen LogP contribution in [0.4, 0.5) is 0 Å². The first kappa shape index (κ1) is 14.5. The minimum atomic E-state index is 0.486. The second-order valence-corrected chi connectivity index (χ2v) is 7.83. The summed E-state index contributed by atoms with van der Waals surface area (Å²) < 4.78 is 6.10. The molecule has 2 aliphatic carbocycles. The maximum Gasteiger partial charge on any atom is 0.0661 e. The van der Waals surface area contributed by atoms with E-state index in [-0.39, 0.29) is 0 Å². The Hall–Kier alpha value is -0.120. The molecule has 2 aliphatic heterocycles. The molecule has 2 heterocycles. The molecule has 0 radical (unpaired) electrons. The van der Waals surface area contributed by atoms with Crippen molar-refractivity contribution in [2.24, 2.45) is 5.41 Å². The monoisotopic (exact) mass is 292 g/mol. The molecule has 3 heteroatoms. The van der Waals surface area contributed by atoms with Crippen molar-refractivity contribution in [3.8, 4) is 0 Å². The Morgan fingerprint density at radius 3 is 2.76 bits per heavy atom. The van der Waals surface area contributed by atoms with Crippen LogP contribution in [0.2, 0.25) is 0 Å². The van der Waals surface area contributed by atoms with Crippen LogP contribution < -0.4 is 5.32 Å². The van der Waals surface area contributed by atoms with Gasteiger partial charge in [-0.15, -0.1) is 0 Å². The number of hydrogen-bond donors (Lipinski definition) is 1. The first-order valence-corrected chi connectivity index (χ1v) is 9.45. The van der Waals surface area contributed by atoms with Crippen molar-refractivity contribution in [2.45, 2.75) is 88.9 Å². The lowest BCUT2D eigenvalue weighted by Gasteiger charge is -2.58. The van der Waals surface area contributed by atoms with Crippen molar-refractivity contribution >= 4 is 0 Å². The summed E-state index contributed by atoms with van der Waals surface area (Å²) in [5.74, 6) is 0. The summed E-state index contributed by atoms with van der Waals surface area (Å²) in [4.78, 5) is 2.73. The van der Waals surface area contributed by atoms with Crippen LogP contribution in [0.15, 0.2) is 0 Å². The lowest BCUT2D eigenvalue weighted by molar-refractivity contribution is -0.152. The zero-order valence-corrected chi connectivity index (χ0v) is 13.7. The molecular formula is C18H32N2O. The first-order valence-electron chi connectivity index (χ1n) is 9.45. The van der Waals surface area contributed by atoms with Crippen LogP contribution in [0.5, 0.6) is 0 Å². The van der Waals surface area contributed by atoms with E-state index in [0.717, 1.165) is 24.7 Å². The predicted octanol–water partition coefficient (Wildman–Crippen LogP) is 2.94. The van der Waals surface area contributed by atoms with Gasteiger partial charge in [0.1, 0.15) is 0 Å². The van der Waals surface area contributed by atoms with Crippen molar-refractivity contribution < 1.29 is 4.74 Å². The molecule has 4 rings (SSSR count). The molecule has 120 valence electrons. The largest absolute Gasteiger partial charge is 0.378 e. The average Bonchev–Trinajstić information content (AvgIpc) is 3.11. The Bertz CT molecular complexity index is 366. The van der Waals surface area contributed by atoms with Crippen LogP contribution >= 0.6 is 0 Å². The minimum Gasteiger partial charge on any atom is -0.378 e. The molecule has 0 bridgehead atoms. The molecule has 0 aromatic heterocycles. The standard InChI is InChI=1S/C18H32N2O/c1-2-21-17-13-16(18(17)9-4-3-5-10-18)19-14-8-12-20-11-6-7-15(14)20/h14-17,19H,2-13H2,1H3. The molecule has 3 nitrogen and oxygen atoms in total. The van der Waals surface area contributed by atoms with E-state index in [0.29, 0.717) is 11.5 Å². The van der Waals surface area contributed by atoms with Crippen molar-refractivity contribution in [3.63, 3.8) is 0 Å². The Labute approximate surface area is 129 Å². The molecule has 4 unspecified atom stereocenters. The molecule has 2 saturated heterocycles. The highest BCUT2D eigenvalue weighted by molar-refractivity contribution is 5.11. The molecule has 0 aromatic rings. The van der Waals surface area contributed by atoms with Crippen LogP contribution in [0.25, 0.3) is 0 Å². The SMILES string of the molecule is CCOC1CC(NC2CCN3CCCC23)C12CCCCC2. The third-order valence-electron chi connectivity index (χ3n) is 6.96. The van der Waals surface area contributed by atoms with E-state index >= 15 is 0 Å². The summed E-state index contributed by atoms with van der Waals surface area (Å²) >= 11 is 0. The summed E-state index contributed by atoms with van der Waals surface area (Å²) in [7, 11) is 0. The van der Waals surface area contributed by atoms with Gasteiger partial charge in [0, 0.05) is 36.7 Å². The third kappa shape index (κ3) is 2.36. The van der Waals surface area contributed by atoms with E-state index in [1.165, 1.54) is 70.9 Å². The summed E-state index contributed by atoms with van der Waals surface area (Å²) in [6.07, 6.45) is 13.1. The Balaban J connectivity index is 1.42. The quantitative estimate of drug-likeness (QED) is 0.862. The maximum atomic E-state index is 6.10. The van der Waals surface area contributed by atoms with Gasteiger partial charge in [-0.3, -0.25) is 4.90 Å². The fraction of sp³-hybridized carbons (Fsp3) is 1.00. The second-order valence-electron chi connectivity index (χ2n) is 7.83. The normalized spacial score (nSPS) is 42.1. The van der Waals surface area contributed by atoms with Gasteiger partial charge < -0.3 is 10.1 Å². The summed E-state index contributed by atoms with van der Waals surface area (Å²) in [6, 6.07) is 2.34. The maximum absolute atomic E-state index is 6.10. The average molecular weight is 292 g/mol. The fourth-order valence-corrected chi connectivity index (χ4v) is 5.83. The first-order chi connectivity index (χ1) is 10.3. The highest BCUT2D eigenvalue weighted by atomic mass is 16.5. The number of hydrogen-bond acceptors (Lipinski definition) is 3. The van der Waals surface area contributed by atoms with Crippen molar-refractivity contribution in [1.29, 1.82) is 0 Å².